The van der Waals surface area contributed by atoms with Crippen LogP contribution in [0.15, 0.2) is 109 Å². The van der Waals surface area contributed by atoms with E-state index < -0.39 is 6.10 Å². The summed E-state index contributed by atoms with van der Waals surface area (Å²) in [5.41, 5.74) is 0. The number of esters is 2. The third-order valence-electron chi connectivity index (χ3n) is 15.3. The molecule has 0 bridgehead atoms. The number of ether oxygens (including phenoxy) is 2. The van der Waals surface area contributed by atoms with Gasteiger partial charge in [-0.2, -0.15) is 0 Å². The fourth-order valence-electron chi connectivity index (χ4n) is 10.1. The van der Waals surface area contributed by atoms with Gasteiger partial charge in [-0.1, -0.05) is 354 Å². The molecule has 0 aliphatic heterocycles. The third kappa shape index (κ3) is 69.0. The highest BCUT2D eigenvalue weighted by Gasteiger charge is 2.16. The Morgan fingerprint density at radius 3 is 0.802 bits per heavy atom. The largest absolute Gasteiger partial charge is 0.462 e. The van der Waals surface area contributed by atoms with Gasteiger partial charge >= 0.3 is 11.9 Å². The van der Waals surface area contributed by atoms with Crippen molar-refractivity contribution < 1.29 is 24.2 Å². The highest BCUT2D eigenvalue weighted by atomic mass is 16.6. The van der Waals surface area contributed by atoms with Crippen molar-refractivity contribution in [2.75, 3.05) is 13.2 Å². The van der Waals surface area contributed by atoms with Crippen LogP contribution in [0, 0.1) is 0 Å². The number of aliphatic hydroxyl groups is 1. The van der Waals surface area contributed by atoms with Crippen LogP contribution in [0.2, 0.25) is 0 Å². The van der Waals surface area contributed by atoms with Gasteiger partial charge in [-0.25, -0.2) is 0 Å². The maximum atomic E-state index is 12.4. The number of allylic oxidation sites excluding steroid dienone is 18. The van der Waals surface area contributed by atoms with Crippen molar-refractivity contribution in [1.82, 2.24) is 0 Å². The highest BCUT2D eigenvalue weighted by molar-refractivity contribution is 5.70. The fraction of sp³-hybridized carbons (Fsp3) is 0.737. The van der Waals surface area contributed by atoms with Crippen LogP contribution in [0.1, 0.15) is 341 Å². The Hall–Kier alpha value is -3.44. The van der Waals surface area contributed by atoms with Crippen molar-refractivity contribution in [2.45, 2.75) is 347 Å². The predicted molar refractivity (Wildman–Crippen MR) is 357 cm³/mol. The summed E-state index contributed by atoms with van der Waals surface area (Å²) < 4.78 is 10.8. The molecule has 1 unspecified atom stereocenters. The van der Waals surface area contributed by atoms with Crippen molar-refractivity contribution in [2.24, 2.45) is 0 Å². The molecule has 0 saturated carbocycles. The zero-order valence-corrected chi connectivity index (χ0v) is 53.5. The molecule has 0 heterocycles. The van der Waals surface area contributed by atoms with E-state index in [0.717, 1.165) is 103 Å². The lowest BCUT2D eigenvalue weighted by Crippen LogP contribution is -2.28. The molecule has 81 heavy (non-hydrogen) atoms. The molecule has 0 aromatic heterocycles. The molecular formula is C76H132O5. The van der Waals surface area contributed by atoms with Gasteiger partial charge in [0.15, 0.2) is 6.10 Å². The molecule has 1 atom stereocenters. The molecular weight excluding hydrogens is 993 g/mol. The lowest BCUT2D eigenvalue weighted by atomic mass is 10.0. The van der Waals surface area contributed by atoms with Crippen LogP contribution < -0.4 is 0 Å². The molecule has 0 aromatic carbocycles. The summed E-state index contributed by atoms with van der Waals surface area (Å²) in [7, 11) is 0. The zero-order valence-electron chi connectivity index (χ0n) is 53.5. The van der Waals surface area contributed by atoms with E-state index >= 15 is 0 Å². The minimum absolute atomic E-state index is 0.0724. The van der Waals surface area contributed by atoms with Gasteiger partial charge in [-0.3, -0.25) is 9.59 Å². The molecule has 0 amide bonds. The minimum atomic E-state index is -0.785. The van der Waals surface area contributed by atoms with Crippen molar-refractivity contribution in [3.05, 3.63) is 109 Å². The molecule has 0 fully saturated rings. The van der Waals surface area contributed by atoms with Gasteiger partial charge in [-0.15, -0.1) is 0 Å². The second kappa shape index (κ2) is 70.8. The number of hydrogen-bond acceptors (Lipinski definition) is 5. The first-order valence-corrected chi connectivity index (χ1v) is 34.9. The maximum Gasteiger partial charge on any atom is 0.306 e. The van der Waals surface area contributed by atoms with Crippen LogP contribution in [0.3, 0.4) is 0 Å². The summed E-state index contributed by atoms with van der Waals surface area (Å²) >= 11 is 0. The van der Waals surface area contributed by atoms with E-state index in [-0.39, 0.29) is 25.2 Å². The van der Waals surface area contributed by atoms with Crippen molar-refractivity contribution in [1.29, 1.82) is 0 Å². The van der Waals surface area contributed by atoms with Crippen LogP contribution in [0.4, 0.5) is 0 Å². The maximum absolute atomic E-state index is 12.4. The molecule has 0 spiro atoms. The van der Waals surface area contributed by atoms with E-state index in [1.54, 1.807) is 0 Å². The van der Waals surface area contributed by atoms with Gasteiger partial charge in [0.05, 0.1) is 6.61 Å². The topological polar surface area (TPSA) is 72.8 Å². The molecule has 0 aromatic rings. The molecule has 0 aliphatic rings. The lowest BCUT2D eigenvalue weighted by molar-refractivity contribution is -0.161. The summed E-state index contributed by atoms with van der Waals surface area (Å²) in [5.74, 6) is -0.595. The summed E-state index contributed by atoms with van der Waals surface area (Å²) in [5, 5.41) is 9.70. The van der Waals surface area contributed by atoms with Gasteiger partial charge in [0, 0.05) is 12.8 Å². The fourth-order valence-corrected chi connectivity index (χ4v) is 10.1. The number of unbranched alkanes of at least 4 members (excludes halogenated alkanes) is 38. The molecule has 5 heteroatoms. The number of hydrogen-bond donors (Lipinski definition) is 1. The van der Waals surface area contributed by atoms with E-state index in [4.69, 9.17) is 9.47 Å². The number of carbonyl (C=O) groups excluding carboxylic acids is 2. The monoisotopic (exact) mass is 1130 g/mol. The van der Waals surface area contributed by atoms with Crippen molar-refractivity contribution in [3.63, 3.8) is 0 Å². The number of carbonyl (C=O) groups is 2. The van der Waals surface area contributed by atoms with Gasteiger partial charge < -0.3 is 14.6 Å². The van der Waals surface area contributed by atoms with Crippen LogP contribution in [-0.2, 0) is 19.1 Å². The van der Waals surface area contributed by atoms with E-state index in [9.17, 15) is 14.7 Å². The smallest absolute Gasteiger partial charge is 0.306 e. The second-order valence-electron chi connectivity index (χ2n) is 23.2. The second-order valence-corrected chi connectivity index (χ2v) is 23.2. The van der Waals surface area contributed by atoms with Crippen molar-refractivity contribution in [3.8, 4) is 0 Å². The molecule has 0 saturated heterocycles. The quantitative estimate of drug-likeness (QED) is 0.0373. The van der Waals surface area contributed by atoms with Crippen LogP contribution in [0.5, 0.6) is 0 Å². The Balaban J connectivity index is 3.50. The molecule has 0 rings (SSSR count). The van der Waals surface area contributed by atoms with E-state index in [2.05, 4.69) is 123 Å². The Kier molecular flexibility index (Phi) is 67.8. The van der Waals surface area contributed by atoms with Gasteiger partial charge in [0.25, 0.3) is 0 Å². The third-order valence-corrected chi connectivity index (χ3v) is 15.3. The summed E-state index contributed by atoms with van der Waals surface area (Å²) in [6, 6.07) is 0. The van der Waals surface area contributed by atoms with Crippen LogP contribution >= 0.6 is 0 Å². The minimum Gasteiger partial charge on any atom is -0.462 e. The van der Waals surface area contributed by atoms with Gasteiger partial charge in [0.1, 0.15) is 6.61 Å². The normalized spacial score (nSPS) is 12.9. The van der Waals surface area contributed by atoms with Crippen molar-refractivity contribution >= 4 is 11.9 Å². The highest BCUT2D eigenvalue weighted by Crippen LogP contribution is 2.18. The van der Waals surface area contributed by atoms with Gasteiger partial charge in [0.2, 0.25) is 0 Å². The molecule has 0 aliphatic carbocycles. The summed E-state index contributed by atoms with van der Waals surface area (Å²) in [6.07, 6.45) is 103. The standard InChI is InChI=1S/C76H132O5/c1-3-5-7-9-11-13-15-17-19-21-23-25-27-29-31-33-35-37-38-39-41-43-45-47-49-51-53-55-57-59-61-63-65-67-69-71-76(79)81-74(72-77)73-80-75(78)70-68-66-64-62-60-58-56-54-52-50-48-46-44-42-40-36-34-32-30-28-26-24-22-20-18-16-14-12-10-8-6-4-2/h5,7,11,13,17,19,23,25,29,31,35,37,39,41,45,47,51,53,74,77H,3-4,6,8-10,12,14-16,18,20-22,24,26-28,30,32-34,36,38,40,42-44,46,48-50,52,54-73H2,1-2H3/b7-5-,13-11-,19-17-,25-23-,31-29-,37-35-,41-39-,47-45-,53-51-. The number of rotatable bonds is 64. The average molecular weight is 1130 g/mol. The van der Waals surface area contributed by atoms with E-state index in [1.165, 1.54) is 212 Å². The zero-order chi connectivity index (χ0) is 58.4. The lowest BCUT2D eigenvalue weighted by Gasteiger charge is -2.15. The Bertz CT molecular complexity index is 1560. The predicted octanol–water partition coefficient (Wildman–Crippen LogP) is 24.4. The Morgan fingerprint density at radius 1 is 0.296 bits per heavy atom. The average Bonchev–Trinajstić information content (AvgIpc) is 3.47. The first-order chi connectivity index (χ1) is 40.1. The first kappa shape index (κ1) is 77.6. The molecule has 1 N–H and O–H groups in total. The number of aliphatic hydroxyl groups excluding tert-OH is 1. The van der Waals surface area contributed by atoms with E-state index in [1.807, 2.05) is 0 Å². The van der Waals surface area contributed by atoms with Gasteiger partial charge in [-0.05, 0) is 83.5 Å². The molecule has 0 radical (unpaired) electrons. The molecule has 5 nitrogen and oxygen atoms in total. The SMILES string of the molecule is CC/C=C\C/C=C\C/C=C\C/C=C\C/C=C\C/C=C\C/C=C\C/C=C\C/C=C\CCCCCCCCCC(=O)OC(CO)COC(=O)CCCCCCCCCCCCCCCCCCCCCCCCCCCCCCCCCC. The first-order valence-electron chi connectivity index (χ1n) is 34.9. The van der Waals surface area contributed by atoms with Crippen LogP contribution in [-0.4, -0.2) is 36.4 Å². The van der Waals surface area contributed by atoms with E-state index in [0.29, 0.717) is 12.8 Å². The summed E-state index contributed by atoms with van der Waals surface area (Å²) in [4.78, 5) is 24.6. The Labute approximate surface area is 503 Å². The molecule has 466 valence electrons. The summed E-state index contributed by atoms with van der Waals surface area (Å²) in [6.45, 7) is 4.06. The van der Waals surface area contributed by atoms with Crippen LogP contribution in [0.25, 0.3) is 0 Å². The Morgan fingerprint density at radius 2 is 0.531 bits per heavy atom.